The van der Waals surface area contributed by atoms with Gasteiger partial charge >= 0.3 is 5.97 Å². The number of esters is 1. The van der Waals surface area contributed by atoms with Gasteiger partial charge in [0.1, 0.15) is 11.5 Å². The van der Waals surface area contributed by atoms with Gasteiger partial charge in [-0.05, 0) is 38.3 Å². The predicted molar refractivity (Wildman–Crippen MR) is 91.8 cm³/mol. The van der Waals surface area contributed by atoms with Crippen molar-refractivity contribution in [2.24, 2.45) is 0 Å². The number of carbonyl (C=O) groups excluding carboxylic acids is 1. The maximum absolute atomic E-state index is 11.5. The van der Waals surface area contributed by atoms with Crippen LogP contribution in [0.5, 0.6) is 0 Å². The van der Waals surface area contributed by atoms with Gasteiger partial charge in [0.05, 0.1) is 13.5 Å². The molecule has 0 amide bonds. The minimum Gasteiger partial charge on any atom is -0.469 e. The summed E-state index contributed by atoms with van der Waals surface area (Å²) in [7, 11) is 1.42. The Morgan fingerprint density at radius 1 is 1.29 bits per heavy atom. The third-order valence-corrected chi connectivity index (χ3v) is 4.30. The smallest absolute Gasteiger partial charge is 0.307 e. The van der Waals surface area contributed by atoms with Crippen LogP contribution in [0.4, 0.5) is 5.82 Å². The highest BCUT2D eigenvalue weighted by Gasteiger charge is 2.23. The fourth-order valence-corrected chi connectivity index (χ4v) is 3.03. The van der Waals surface area contributed by atoms with E-state index in [1.54, 1.807) is 6.20 Å². The second-order valence-electron chi connectivity index (χ2n) is 5.77. The molecule has 0 N–H and O–H groups in total. The number of aromatic nitrogens is 3. The van der Waals surface area contributed by atoms with Gasteiger partial charge in [0.25, 0.3) is 0 Å². The molecule has 0 fully saturated rings. The summed E-state index contributed by atoms with van der Waals surface area (Å²) in [5.74, 6) is 1.39. The van der Waals surface area contributed by atoms with Gasteiger partial charge in [-0.25, -0.2) is 9.97 Å². The topological polar surface area (TPSA) is 68.2 Å². The molecule has 0 aromatic carbocycles. The average molecular weight is 326 g/mol. The summed E-state index contributed by atoms with van der Waals surface area (Å²) in [4.78, 5) is 27.5. The van der Waals surface area contributed by atoms with Gasteiger partial charge in [-0.15, -0.1) is 0 Å². The molecule has 2 aromatic rings. The molecule has 24 heavy (non-hydrogen) atoms. The van der Waals surface area contributed by atoms with Crippen molar-refractivity contribution in [1.29, 1.82) is 0 Å². The van der Waals surface area contributed by atoms with Crippen LogP contribution in [0.15, 0.2) is 24.4 Å². The molecular weight excluding hydrogens is 304 g/mol. The number of pyridine rings is 1. The zero-order valence-electron chi connectivity index (χ0n) is 14.2. The lowest BCUT2D eigenvalue weighted by Crippen LogP contribution is -2.28. The normalized spacial score (nSPS) is 12.8. The maximum Gasteiger partial charge on any atom is 0.307 e. The molecule has 0 aliphatic heterocycles. The van der Waals surface area contributed by atoms with Crippen LogP contribution in [0.2, 0.25) is 0 Å². The Hall–Kier alpha value is -2.50. The number of methoxy groups -OCH3 is 1. The Bertz CT molecular complexity index is 718. The van der Waals surface area contributed by atoms with E-state index in [4.69, 9.17) is 14.7 Å². The van der Waals surface area contributed by atoms with Crippen molar-refractivity contribution in [2.75, 3.05) is 25.1 Å². The van der Waals surface area contributed by atoms with E-state index in [1.165, 1.54) is 12.7 Å². The van der Waals surface area contributed by atoms with Crippen LogP contribution in [0.25, 0.3) is 11.5 Å². The molecule has 3 rings (SSSR count). The molecule has 1 aliphatic carbocycles. The zero-order chi connectivity index (χ0) is 16.9. The number of hydrogen-bond donors (Lipinski definition) is 0. The summed E-state index contributed by atoms with van der Waals surface area (Å²) in [5.41, 5.74) is 3.09. The van der Waals surface area contributed by atoms with Crippen LogP contribution in [-0.4, -0.2) is 41.1 Å². The average Bonchev–Trinajstić information content (AvgIpc) is 3.11. The van der Waals surface area contributed by atoms with Crippen LogP contribution in [0.3, 0.4) is 0 Å². The Balaban J connectivity index is 1.96. The minimum atomic E-state index is -0.205. The molecule has 0 atom stereocenters. The van der Waals surface area contributed by atoms with E-state index in [0.29, 0.717) is 18.8 Å². The quantitative estimate of drug-likeness (QED) is 0.759. The van der Waals surface area contributed by atoms with Crippen molar-refractivity contribution in [3.05, 3.63) is 35.7 Å². The second kappa shape index (κ2) is 7.38. The molecule has 0 bridgehead atoms. The maximum atomic E-state index is 11.5. The third kappa shape index (κ3) is 3.37. The van der Waals surface area contributed by atoms with E-state index >= 15 is 0 Å². The minimum absolute atomic E-state index is 0.205. The summed E-state index contributed by atoms with van der Waals surface area (Å²) in [5, 5.41) is 0. The molecule has 126 valence electrons. The number of carbonyl (C=O) groups is 1. The summed E-state index contributed by atoms with van der Waals surface area (Å²) in [6.45, 7) is 3.44. The highest BCUT2D eigenvalue weighted by molar-refractivity contribution is 5.70. The van der Waals surface area contributed by atoms with Gasteiger partial charge in [-0.1, -0.05) is 6.07 Å². The fourth-order valence-electron chi connectivity index (χ4n) is 3.03. The van der Waals surface area contributed by atoms with Crippen molar-refractivity contribution in [3.63, 3.8) is 0 Å². The first-order valence-corrected chi connectivity index (χ1v) is 8.36. The lowest BCUT2D eigenvalue weighted by atomic mass is 10.2. The first-order valence-electron chi connectivity index (χ1n) is 8.36. The number of fused-ring (bicyclic) bond motifs is 1. The van der Waals surface area contributed by atoms with Crippen molar-refractivity contribution in [1.82, 2.24) is 15.0 Å². The van der Waals surface area contributed by atoms with E-state index < -0.39 is 0 Å². The Morgan fingerprint density at radius 2 is 2.17 bits per heavy atom. The summed E-state index contributed by atoms with van der Waals surface area (Å²) in [6, 6.07) is 5.74. The van der Waals surface area contributed by atoms with Gasteiger partial charge in [0, 0.05) is 30.5 Å². The monoisotopic (exact) mass is 326 g/mol. The third-order valence-electron chi connectivity index (χ3n) is 4.30. The van der Waals surface area contributed by atoms with Crippen molar-refractivity contribution in [3.8, 4) is 11.5 Å². The Labute approximate surface area is 141 Å². The lowest BCUT2D eigenvalue weighted by molar-refractivity contribution is -0.140. The highest BCUT2D eigenvalue weighted by atomic mass is 16.5. The van der Waals surface area contributed by atoms with E-state index in [0.717, 1.165) is 43.0 Å². The summed E-state index contributed by atoms with van der Waals surface area (Å²) in [6.07, 6.45) is 5.15. The van der Waals surface area contributed by atoms with Gasteiger partial charge in [-0.3, -0.25) is 9.78 Å². The predicted octanol–water partition coefficient (Wildman–Crippen LogP) is 2.42. The summed E-state index contributed by atoms with van der Waals surface area (Å²) >= 11 is 0. The lowest BCUT2D eigenvalue weighted by Gasteiger charge is -2.24. The second-order valence-corrected chi connectivity index (χ2v) is 5.77. The van der Waals surface area contributed by atoms with Crippen LogP contribution >= 0.6 is 0 Å². The molecule has 0 spiro atoms. The molecule has 2 aromatic heterocycles. The molecule has 0 radical (unpaired) electrons. The number of ether oxygens (including phenoxy) is 1. The fraction of sp³-hybridized carbons (Fsp3) is 0.444. The molecule has 1 aliphatic rings. The molecule has 6 heteroatoms. The first kappa shape index (κ1) is 16.4. The first-order chi connectivity index (χ1) is 11.7. The molecule has 2 heterocycles. The zero-order valence-corrected chi connectivity index (χ0v) is 14.2. The number of nitrogens with zero attached hydrogens (tertiary/aromatic N) is 4. The van der Waals surface area contributed by atoms with E-state index in [9.17, 15) is 4.79 Å². The van der Waals surface area contributed by atoms with Crippen LogP contribution in [0, 0.1) is 0 Å². The number of anilines is 1. The van der Waals surface area contributed by atoms with Crippen molar-refractivity contribution in [2.45, 2.75) is 32.6 Å². The highest BCUT2D eigenvalue weighted by Crippen LogP contribution is 2.31. The molecule has 0 unspecified atom stereocenters. The summed E-state index contributed by atoms with van der Waals surface area (Å²) < 4.78 is 4.76. The van der Waals surface area contributed by atoms with Gasteiger partial charge in [0.2, 0.25) is 0 Å². The van der Waals surface area contributed by atoms with Crippen LogP contribution in [-0.2, 0) is 22.4 Å². The molecule has 0 saturated heterocycles. The molecular formula is C18H22N4O2. The molecule has 6 nitrogen and oxygen atoms in total. The van der Waals surface area contributed by atoms with E-state index in [1.807, 2.05) is 18.2 Å². The van der Waals surface area contributed by atoms with Gasteiger partial charge < -0.3 is 9.64 Å². The standard InChI is InChI=1S/C18H22N4O2/c1-3-22(12-10-16(23)24-2)18-13-7-6-9-14(13)20-17(21-18)15-8-4-5-11-19-15/h4-5,8,11H,3,6-7,9-10,12H2,1-2H3. The van der Waals surface area contributed by atoms with E-state index in [2.05, 4.69) is 16.8 Å². The van der Waals surface area contributed by atoms with Crippen molar-refractivity contribution >= 4 is 11.8 Å². The number of hydrogen-bond acceptors (Lipinski definition) is 6. The largest absolute Gasteiger partial charge is 0.469 e. The number of rotatable bonds is 6. The van der Waals surface area contributed by atoms with Crippen molar-refractivity contribution < 1.29 is 9.53 Å². The number of aryl methyl sites for hydroxylation is 1. The van der Waals surface area contributed by atoms with Gasteiger partial charge in [-0.2, -0.15) is 0 Å². The van der Waals surface area contributed by atoms with Crippen LogP contribution in [0.1, 0.15) is 31.0 Å². The van der Waals surface area contributed by atoms with E-state index in [-0.39, 0.29) is 5.97 Å². The van der Waals surface area contributed by atoms with Crippen LogP contribution < -0.4 is 4.90 Å². The van der Waals surface area contributed by atoms with Gasteiger partial charge in [0.15, 0.2) is 5.82 Å². The Kier molecular flexibility index (Phi) is 5.03. The SMILES string of the molecule is CCN(CCC(=O)OC)c1nc(-c2ccccn2)nc2c1CCC2. The molecule has 0 saturated carbocycles. The Morgan fingerprint density at radius 3 is 2.88 bits per heavy atom.